The summed E-state index contributed by atoms with van der Waals surface area (Å²) in [5.74, 6) is -0.262. The molecule has 1 amide bonds. The van der Waals surface area contributed by atoms with Crippen LogP contribution in [0.25, 0.3) is 11.6 Å². The largest absolute Gasteiger partial charge is 0.497 e. The van der Waals surface area contributed by atoms with E-state index in [9.17, 15) is 14.0 Å². The van der Waals surface area contributed by atoms with Gasteiger partial charge in [-0.25, -0.2) is 14.2 Å². The van der Waals surface area contributed by atoms with Crippen molar-refractivity contribution in [1.29, 1.82) is 0 Å². The Labute approximate surface area is 196 Å². The number of halogens is 1. The van der Waals surface area contributed by atoms with Crippen LogP contribution >= 0.6 is 0 Å². The van der Waals surface area contributed by atoms with Gasteiger partial charge in [-0.05, 0) is 55.3 Å². The van der Waals surface area contributed by atoms with Crippen LogP contribution in [0.4, 0.5) is 15.9 Å². The minimum absolute atomic E-state index is 0.135. The lowest BCUT2D eigenvalue weighted by Crippen LogP contribution is -2.26. The number of carbonyl (C=O) groups is 2. The molecule has 0 saturated heterocycles. The standard InChI is InChI=1S/C26H24FN3O4/c1-4-34-26(32)21-15(2)29-24-22(23(21)28)20(13-16-7-11-19(33-3)12-8-16)25(31)30(24)14-17-5-9-18(27)10-6-17/h5-13H,4,14H2,1-3H3,(H2,28,29)/b20-13-. The monoisotopic (exact) mass is 461 g/mol. The highest BCUT2D eigenvalue weighted by Crippen LogP contribution is 2.43. The number of fused-ring (bicyclic) bond motifs is 1. The maximum Gasteiger partial charge on any atom is 0.342 e. The second-order valence-corrected chi connectivity index (χ2v) is 7.75. The van der Waals surface area contributed by atoms with Crippen LogP contribution in [0.5, 0.6) is 5.75 Å². The number of aryl methyl sites for hydroxylation is 1. The molecule has 0 fully saturated rings. The number of nitrogens with two attached hydrogens (primary N) is 1. The van der Waals surface area contributed by atoms with Gasteiger partial charge in [-0.15, -0.1) is 0 Å². The highest BCUT2D eigenvalue weighted by atomic mass is 19.1. The van der Waals surface area contributed by atoms with Crippen molar-refractivity contribution in [2.45, 2.75) is 20.4 Å². The number of esters is 1. The number of hydrogen-bond acceptors (Lipinski definition) is 6. The van der Waals surface area contributed by atoms with E-state index in [1.165, 1.54) is 17.0 Å². The molecule has 34 heavy (non-hydrogen) atoms. The summed E-state index contributed by atoms with van der Waals surface area (Å²) in [6, 6.07) is 13.1. The number of benzene rings is 2. The van der Waals surface area contributed by atoms with Crippen molar-refractivity contribution >= 4 is 35.0 Å². The number of amides is 1. The number of methoxy groups -OCH3 is 1. The lowest BCUT2D eigenvalue weighted by molar-refractivity contribution is -0.113. The summed E-state index contributed by atoms with van der Waals surface area (Å²) in [4.78, 5) is 32.2. The number of ether oxygens (including phenoxy) is 2. The summed E-state index contributed by atoms with van der Waals surface area (Å²) in [5, 5.41) is 0. The summed E-state index contributed by atoms with van der Waals surface area (Å²) in [7, 11) is 1.57. The fraction of sp³-hybridized carbons (Fsp3) is 0.192. The van der Waals surface area contributed by atoms with Gasteiger partial charge in [-0.2, -0.15) is 0 Å². The number of nitrogens with zero attached hydrogens (tertiary/aromatic N) is 2. The molecule has 1 aliphatic rings. The van der Waals surface area contributed by atoms with Gasteiger partial charge in [-0.3, -0.25) is 9.69 Å². The lowest BCUT2D eigenvalue weighted by atomic mass is 10.00. The number of hydrogen-bond donors (Lipinski definition) is 1. The van der Waals surface area contributed by atoms with Gasteiger partial charge in [0.15, 0.2) is 0 Å². The maximum atomic E-state index is 13.6. The molecule has 2 N–H and O–H groups in total. The fourth-order valence-electron chi connectivity index (χ4n) is 3.90. The van der Waals surface area contributed by atoms with Gasteiger partial charge in [0.2, 0.25) is 0 Å². The van der Waals surface area contributed by atoms with Crippen molar-refractivity contribution in [3.05, 3.63) is 82.3 Å². The molecule has 0 aliphatic carbocycles. The van der Waals surface area contributed by atoms with Crippen molar-refractivity contribution < 1.29 is 23.5 Å². The quantitative estimate of drug-likeness (QED) is 0.432. The van der Waals surface area contributed by atoms with Crippen molar-refractivity contribution in [3.63, 3.8) is 0 Å². The minimum Gasteiger partial charge on any atom is -0.497 e. The number of aromatic nitrogens is 1. The molecule has 2 aromatic carbocycles. The zero-order valence-corrected chi connectivity index (χ0v) is 19.1. The van der Waals surface area contributed by atoms with Crippen LogP contribution in [0.15, 0.2) is 48.5 Å². The molecule has 1 aliphatic heterocycles. The molecule has 0 saturated carbocycles. The van der Waals surface area contributed by atoms with Gasteiger partial charge >= 0.3 is 5.97 Å². The molecule has 7 nitrogen and oxygen atoms in total. The summed E-state index contributed by atoms with van der Waals surface area (Å²) in [6.07, 6.45) is 1.70. The smallest absolute Gasteiger partial charge is 0.342 e. The molecule has 1 aromatic heterocycles. The van der Waals surface area contributed by atoms with Gasteiger partial charge in [-0.1, -0.05) is 24.3 Å². The van der Waals surface area contributed by atoms with Crippen molar-refractivity contribution in [2.24, 2.45) is 0 Å². The highest BCUT2D eigenvalue weighted by molar-refractivity contribution is 6.37. The average Bonchev–Trinajstić information content (AvgIpc) is 3.07. The van der Waals surface area contributed by atoms with Crippen LogP contribution in [0.1, 0.15) is 39.7 Å². The molecule has 0 radical (unpaired) electrons. The normalized spacial score (nSPS) is 13.8. The van der Waals surface area contributed by atoms with Crippen LogP contribution < -0.4 is 15.4 Å². The lowest BCUT2D eigenvalue weighted by Gasteiger charge is -2.18. The van der Waals surface area contributed by atoms with Gasteiger partial charge in [0, 0.05) is 0 Å². The van der Waals surface area contributed by atoms with Crippen molar-refractivity contribution in [1.82, 2.24) is 4.98 Å². The molecule has 3 aromatic rings. The summed E-state index contributed by atoms with van der Waals surface area (Å²) in [5.41, 5.74) is 9.24. The van der Waals surface area contributed by atoms with E-state index < -0.39 is 5.97 Å². The zero-order valence-electron chi connectivity index (χ0n) is 19.1. The number of rotatable bonds is 6. The van der Waals surface area contributed by atoms with E-state index in [1.807, 2.05) is 12.1 Å². The van der Waals surface area contributed by atoms with Crippen LogP contribution in [0.2, 0.25) is 0 Å². The summed E-state index contributed by atoms with van der Waals surface area (Å²) in [6.45, 7) is 3.69. The van der Waals surface area contributed by atoms with Crippen LogP contribution in [-0.2, 0) is 16.1 Å². The molecule has 8 heteroatoms. The molecule has 0 spiro atoms. The van der Waals surface area contributed by atoms with Gasteiger partial charge < -0.3 is 15.2 Å². The SMILES string of the molecule is CCOC(=O)c1c(C)nc2c(c1N)/C(=C/c1ccc(OC)cc1)C(=O)N2Cc1ccc(F)cc1. The predicted octanol–water partition coefficient (Wildman–Crippen LogP) is 4.38. The Bertz CT molecular complexity index is 1280. The number of pyridine rings is 1. The van der Waals surface area contributed by atoms with Gasteiger partial charge in [0.05, 0.1) is 42.8 Å². The van der Waals surface area contributed by atoms with Crippen LogP contribution in [0, 0.1) is 12.7 Å². The topological polar surface area (TPSA) is 94.7 Å². The molecule has 0 bridgehead atoms. The third-order valence-corrected chi connectivity index (χ3v) is 5.56. The molecule has 2 heterocycles. The number of nitrogen functional groups attached to an aromatic ring is 1. The van der Waals surface area contributed by atoms with Crippen LogP contribution in [-0.4, -0.2) is 30.6 Å². The zero-order chi connectivity index (χ0) is 24.4. The Hall–Kier alpha value is -4.20. The minimum atomic E-state index is -0.596. The van der Waals surface area contributed by atoms with E-state index in [1.54, 1.807) is 51.3 Å². The molecule has 4 rings (SSSR count). The first-order chi connectivity index (χ1) is 16.3. The Morgan fingerprint density at radius 3 is 2.44 bits per heavy atom. The fourth-order valence-corrected chi connectivity index (χ4v) is 3.90. The second-order valence-electron chi connectivity index (χ2n) is 7.75. The third-order valence-electron chi connectivity index (χ3n) is 5.56. The van der Waals surface area contributed by atoms with Gasteiger partial charge in [0.25, 0.3) is 5.91 Å². The van der Waals surface area contributed by atoms with Crippen molar-refractivity contribution in [2.75, 3.05) is 24.4 Å². The predicted molar refractivity (Wildman–Crippen MR) is 128 cm³/mol. The Morgan fingerprint density at radius 2 is 1.82 bits per heavy atom. The molecular weight excluding hydrogens is 437 g/mol. The molecule has 174 valence electrons. The van der Waals surface area contributed by atoms with E-state index >= 15 is 0 Å². The molecule has 0 unspecified atom stereocenters. The second kappa shape index (κ2) is 9.35. The van der Waals surface area contributed by atoms with E-state index in [0.29, 0.717) is 28.4 Å². The first-order valence-corrected chi connectivity index (χ1v) is 10.7. The van der Waals surface area contributed by atoms with E-state index in [2.05, 4.69) is 4.98 Å². The Morgan fingerprint density at radius 1 is 1.15 bits per heavy atom. The number of carbonyl (C=O) groups excluding carboxylic acids is 2. The van der Waals surface area contributed by atoms with E-state index in [4.69, 9.17) is 15.2 Å². The summed E-state index contributed by atoms with van der Waals surface area (Å²) >= 11 is 0. The highest BCUT2D eigenvalue weighted by Gasteiger charge is 2.38. The number of anilines is 2. The van der Waals surface area contributed by atoms with E-state index in [0.717, 1.165) is 11.1 Å². The Balaban J connectivity index is 1.87. The Kier molecular flexibility index (Phi) is 6.32. The average molecular weight is 461 g/mol. The van der Waals surface area contributed by atoms with Crippen LogP contribution in [0.3, 0.4) is 0 Å². The summed E-state index contributed by atoms with van der Waals surface area (Å²) < 4.78 is 23.8. The molecule has 0 atom stereocenters. The first-order valence-electron chi connectivity index (χ1n) is 10.7. The molecular formula is C26H24FN3O4. The first kappa shape index (κ1) is 23.0. The van der Waals surface area contributed by atoms with Gasteiger partial charge in [0.1, 0.15) is 22.9 Å². The maximum absolute atomic E-state index is 13.6. The van der Waals surface area contributed by atoms with Crippen molar-refractivity contribution in [3.8, 4) is 5.75 Å². The third kappa shape index (κ3) is 4.22. The van der Waals surface area contributed by atoms with E-state index in [-0.39, 0.29) is 36.1 Å².